The highest BCUT2D eigenvalue weighted by atomic mass is 16.5. The molecule has 0 spiro atoms. The average molecular weight is 523 g/mol. The number of carbonyl (C=O) groups excluding carboxylic acids is 2. The Hall–Kier alpha value is -3.44. The van der Waals surface area contributed by atoms with E-state index >= 15 is 0 Å². The van der Waals surface area contributed by atoms with E-state index in [9.17, 15) is 9.59 Å². The summed E-state index contributed by atoms with van der Waals surface area (Å²) in [6, 6.07) is 15.2. The van der Waals surface area contributed by atoms with E-state index < -0.39 is 0 Å². The summed E-state index contributed by atoms with van der Waals surface area (Å²) in [6.45, 7) is 6.48. The number of carbonyl (C=O) groups is 2. The molecule has 1 aliphatic heterocycles. The largest absolute Gasteiger partial charge is 0.385 e. The summed E-state index contributed by atoms with van der Waals surface area (Å²) >= 11 is 0. The number of Topliss-reactive ketones (excluding diaryl/α,β-unsaturated/α-hetero) is 2. The van der Waals surface area contributed by atoms with Crippen molar-refractivity contribution in [2.75, 3.05) is 20.3 Å². The summed E-state index contributed by atoms with van der Waals surface area (Å²) < 4.78 is 7.67. The summed E-state index contributed by atoms with van der Waals surface area (Å²) in [5, 5.41) is 1.13. The van der Waals surface area contributed by atoms with Crippen LogP contribution in [0.3, 0.4) is 0 Å². The topological polar surface area (TPSA) is 51.5 Å². The maximum absolute atomic E-state index is 13.7. The minimum Gasteiger partial charge on any atom is -0.385 e. The van der Waals surface area contributed by atoms with E-state index in [0.29, 0.717) is 19.4 Å². The molecule has 39 heavy (non-hydrogen) atoms. The Bertz CT molecular complexity index is 1460. The van der Waals surface area contributed by atoms with Crippen LogP contribution in [0.15, 0.2) is 71.2 Å². The van der Waals surface area contributed by atoms with E-state index in [2.05, 4.69) is 72.0 Å². The number of ether oxygens (including phenoxy) is 1. The number of aryl methyl sites for hydroxylation is 2. The number of fused-ring (bicyclic) bond motifs is 1. The van der Waals surface area contributed by atoms with Gasteiger partial charge >= 0.3 is 0 Å². The SMILES string of the molecule is COCCCN1C2=C(C(=O)CCC2)C(c2cn(Cc3cc(C)cc(C)c3)c3ccccc23)C2=C1CCCC2=O. The molecule has 5 nitrogen and oxygen atoms in total. The van der Waals surface area contributed by atoms with Gasteiger partial charge in [-0.25, -0.2) is 0 Å². The lowest BCUT2D eigenvalue weighted by molar-refractivity contribution is -0.117. The average Bonchev–Trinajstić information content (AvgIpc) is 3.26. The third kappa shape index (κ3) is 4.67. The second-order valence-electron chi connectivity index (χ2n) is 11.4. The maximum Gasteiger partial charge on any atom is 0.161 e. The molecule has 0 bridgehead atoms. The maximum atomic E-state index is 13.7. The summed E-state index contributed by atoms with van der Waals surface area (Å²) in [6.07, 6.45) is 7.72. The third-order valence-corrected chi connectivity index (χ3v) is 8.58. The van der Waals surface area contributed by atoms with Gasteiger partial charge in [0, 0.05) is 85.2 Å². The number of benzene rings is 2. The highest BCUT2D eigenvalue weighted by Crippen LogP contribution is 2.50. The van der Waals surface area contributed by atoms with Gasteiger partial charge in [-0.1, -0.05) is 47.5 Å². The van der Waals surface area contributed by atoms with Gasteiger partial charge in [0.05, 0.1) is 0 Å². The van der Waals surface area contributed by atoms with Crippen LogP contribution in [0, 0.1) is 13.8 Å². The van der Waals surface area contributed by atoms with Gasteiger partial charge < -0.3 is 14.2 Å². The molecule has 0 radical (unpaired) electrons. The second-order valence-corrected chi connectivity index (χ2v) is 11.4. The molecule has 1 aromatic heterocycles. The molecule has 2 aliphatic carbocycles. The van der Waals surface area contributed by atoms with E-state index in [1.54, 1.807) is 7.11 Å². The van der Waals surface area contributed by atoms with Crippen LogP contribution >= 0.6 is 0 Å². The fourth-order valence-corrected chi connectivity index (χ4v) is 7.16. The molecule has 0 saturated carbocycles. The Balaban J connectivity index is 1.53. The summed E-state index contributed by atoms with van der Waals surface area (Å²) in [5.41, 5.74) is 10.0. The number of para-hydroxylation sites is 1. The van der Waals surface area contributed by atoms with E-state index in [-0.39, 0.29) is 17.5 Å². The van der Waals surface area contributed by atoms with Gasteiger partial charge in [0.1, 0.15) is 0 Å². The number of rotatable bonds is 7. The summed E-state index contributed by atoms with van der Waals surface area (Å²) in [4.78, 5) is 29.8. The van der Waals surface area contributed by atoms with Crippen LogP contribution in [-0.2, 0) is 20.9 Å². The van der Waals surface area contributed by atoms with Crippen molar-refractivity contribution in [3.63, 3.8) is 0 Å². The highest BCUT2D eigenvalue weighted by Gasteiger charge is 2.44. The van der Waals surface area contributed by atoms with Gasteiger partial charge in [-0.2, -0.15) is 0 Å². The Kier molecular flexibility index (Phi) is 7.03. The molecule has 2 aromatic carbocycles. The van der Waals surface area contributed by atoms with Gasteiger partial charge in [0.2, 0.25) is 0 Å². The van der Waals surface area contributed by atoms with Crippen molar-refractivity contribution < 1.29 is 14.3 Å². The monoisotopic (exact) mass is 522 g/mol. The van der Waals surface area contributed by atoms with Gasteiger partial charge in [-0.05, 0) is 63.1 Å². The Morgan fingerprint density at radius 1 is 0.872 bits per heavy atom. The van der Waals surface area contributed by atoms with Crippen LogP contribution in [-0.4, -0.2) is 41.3 Å². The smallest absolute Gasteiger partial charge is 0.161 e. The molecule has 0 N–H and O–H groups in total. The zero-order chi connectivity index (χ0) is 27.1. The van der Waals surface area contributed by atoms with E-state index in [0.717, 1.165) is 84.2 Å². The predicted octanol–water partition coefficient (Wildman–Crippen LogP) is 6.76. The van der Waals surface area contributed by atoms with Crippen molar-refractivity contribution in [1.82, 2.24) is 9.47 Å². The van der Waals surface area contributed by atoms with Crippen LogP contribution in [0.2, 0.25) is 0 Å². The molecule has 2 heterocycles. The molecule has 3 aliphatic rings. The third-order valence-electron chi connectivity index (χ3n) is 8.58. The van der Waals surface area contributed by atoms with Crippen molar-refractivity contribution in [1.29, 1.82) is 0 Å². The molecule has 3 aromatic rings. The fourth-order valence-electron chi connectivity index (χ4n) is 7.16. The number of aromatic nitrogens is 1. The molecule has 0 amide bonds. The lowest BCUT2D eigenvalue weighted by Crippen LogP contribution is -2.39. The molecule has 202 valence electrons. The lowest BCUT2D eigenvalue weighted by Gasteiger charge is -2.44. The first-order chi connectivity index (χ1) is 19.0. The molecule has 0 unspecified atom stereocenters. The molecular weight excluding hydrogens is 484 g/mol. The number of methoxy groups -OCH3 is 1. The number of allylic oxidation sites excluding steroid dienone is 4. The second kappa shape index (κ2) is 10.6. The van der Waals surface area contributed by atoms with Crippen LogP contribution < -0.4 is 0 Å². The fraction of sp³-hybridized carbons (Fsp3) is 0.412. The van der Waals surface area contributed by atoms with Crippen LogP contribution in [0.25, 0.3) is 10.9 Å². The first kappa shape index (κ1) is 25.8. The van der Waals surface area contributed by atoms with E-state index in [1.165, 1.54) is 16.7 Å². The van der Waals surface area contributed by atoms with Crippen LogP contribution in [0.1, 0.15) is 73.1 Å². The molecule has 0 fully saturated rings. The van der Waals surface area contributed by atoms with E-state index in [4.69, 9.17) is 4.74 Å². The summed E-state index contributed by atoms with van der Waals surface area (Å²) in [7, 11) is 1.73. The van der Waals surface area contributed by atoms with Crippen LogP contribution in [0.5, 0.6) is 0 Å². The molecular formula is C34H38N2O3. The normalized spacial score (nSPS) is 18.3. The van der Waals surface area contributed by atoms with Gasteiger partial charge in [-0.15, -0.1) is 0 Å². The number of hydrogen-bond donors (Lipinski definition) is 0. The first-order valence-electron chi connectivity index (χ1n) is 14.4. The highest BCUT2D eigenvalue weighted by molar-refractivity contribution is 6.07. The predicted molar refractivity (Wildman–Crippen MR) is 155 cm³/mol. The van der Waals surface area contributed by atoms with Gasteiger partial charge in [0.25, 0.3) is 0 Å². The van der Waals surface area contributed by atoms with Crippen molar-refractivity contribution in [2.24, 2.45) is 0 Å². The summed E-state index contributed by atoms with van der Waals surface area (Å²) in [5.74, 6) is 0.114. The Morgan fingerprint density at radius 3 is 2.15 bits per heavy atom. The van der Waals surface area contributed by atoms with Gasteiger partial charge in [0.15, 0.2) is 11.6 Å². The minimum atomic E-state index is -0.292. The van der Waals surface area contributed by atoms with Crippen molar-refractivity contribution in [2.45, 2.75) is 71.3 Å². The quantitative estimate of drug-likeness (QED) is 0.322. The zero-order valence-corrected chi connectivity index (χ0v) is 23.4. The minimum absolute atomic E-state index is 0.203. The van der Waals surface area contributed by atoms with Gasteiger partial charge in [-0.3, -0.25) is 9.59 Å². The standard InChI is InChI=1S/C34H38N2O3/c1-22-17-23(2)19-24(18-22)20-35-21-26(25-9-4-5-10-27(25)35)32-33-28(11-6-13-30(33)37)36(15-8-16-39-3)29-12-7-14-31(38)34(29)32/h4-5,9-10,17-19,21,32H,6-8,11-16,20H2,1-3H3. The van der Waals surface area contributed by atoms with Crippen LogP contribution in [0.4, 0.5) is 0 Å². The molecule has 5 heteroatoms. The van der Waals surface area contributed by atoms with Crippen molar-refractivity contribution in [3.05, 3.63) is 93.5 Å². The number of nitrogens with zero attached hydrogens (tertiary/aromatic N) is 2. The first-order valence-corrected chi connectivity index (χ1v) is 14.4. The number of ketones is 2. The Labute approximate surface area is 231 Å². The van der Waals surface area contributed by atoms with Crippen molar-refractivity contribution in [3.8, 4) is 0 Å². The lowest BCUT2D eigenvalue weighted by atomic mass is 9.71. The molecule has 0 saturated heterocycles. The van der Waals surface area contributed by atoms with Crippen molar-refractivity contribution >= 4 is 22.5 Å². The number of hydrogen-bond acceptors (Lipinski definition) is 4. The molecule has 6 rings (SSSR count). The van der Waals surface area contributed by atoms with E-state index in [1.807, 2.05) is 0 Å². The Morgan fingerprint density at radius 2 is 1.51 bits per heavy atom. The molecule has 0 atom stereocenters. The zero-order valence-electron chi connectivity index (χ0n) is 23.4.